The fourth-order valence-electron chi connectivity index (χ4n) is 3.57. The van der Waals surface area contributed by atoms with Gasteiger partial charge in [0.25, 0.3) is 0 Å². The van der Waals surface area contributed by atoms with Gasteiger partial charge >= 0.3 is 0 Å². The second-order valence-electron chi connectivity index (χ2n) is 6.53. The summed E-state index contributed by atoms with van der Waals surface area (Å²) in [6.07, 6.45) is -1.66. The zero-order valence-electron chi connectivity index (χ0n) is 14.6. The predicted molar refractivity (Wildman–Crippen MR) is 99.9 cm³/mol. The van der Waals surface area contributed by atoms with E-state index in [4.69, 9.17) is 26.8 Å². The molecule has 3 aliphatic rings. The molecule has 5 atom stereocenters. The van der Waals surface area contributed by atoms with Crippen molar-refractivity contribution in [1.29, 1.82) is 0 Å². The van der Waals surface area contributed by atoms with Crippen molar-refractivity contribution in [2.75, 3.05) is 20.4 Å². The number of halogens is 1. The predicted octanol–water partition coefficient (Wildman–Crippen LogP) is -0.301. The molecule has 1 saturated heterocycles. The lowest BCUT2D eigenvalue weighted by Crippen LogP contribution is -2.54. The summed E-state index contributed by atoms with van der Waals surface area (Å²) in [4.78, 5) is 15.0. The monoisotopic (exact) mass is 393 g/mol. The maximum absolute atomic E-state index is 10.3. The Labute approximate surface area is 160 Å². The molecule has 1 fully saturated rings. The Morgan fingerprint density at radius 1 is 1.41 bits per heavy atom. The summed E-state index contributed by atoms with van der Waals surface area (Å²) >= 11 is 5.97. The number of fused-ring (bicyclic) bond motifs is 1. The van der Waals surface area contributed by atoms with Gasteiger partial charge in [0, 0.05) is 17.7 Å². The molecule has 0 aliphatic carbocycles. The Balaban J connectivity index is 1.64. The summed E-state index contributed by atoms with van der Waals surface area (Å²) in [5.74, 6) is 0.500. The summed E-state index contributed by atoms with van der Waals surface area (Å²) in [5.41, 5.74) is 6.60. The fourth-order valence-corrected chi connectivity index (χ4v) is 3.70. The van der Waals surface area contributed by atoms with Gasteiger partial charge in [-0.2, -0.15) is 0 Å². The van der Waals surface area contributed by atoms with Gasteiger partial charge in [-0.15, -0.1) is 0 Å². The number of hydrogen-bond donors (Lipinski definition) is 3. The third-order valence-electron chi connectivity index (χ3n) is 5.02. The highest BCUT2D eigenvalue weighted by Crippen LogP contribution is 2.33. The Morgan fingerprint density at radius 2 is 2.15 bits per heavy atom. The van der Waals surface area contributed by atoms with Crippen LogP contribution in [0.15, 0.2) is 39.2 Å². The van der Waals surface area contributed by atoms with E-state index in [1.165, 1.54) is 13.4 Å². The molecule has 0 saturated carbocycles. The minimum Gasteiger partial charge on any atom is -0.394 e. The van der Waals surface area contributed by atoms with Gasteiger partial charge in [0.1, 0.15) is 37.0 Å². The zero-order valence-corrected chi connectivity index (χ0v) is 15.3. The van der Waals surface area contributed by atoms with Crippen LogP contribution in [0.1, 0.15) is 5.56 Å². The number of aliphatic imine (C=N–C) groups is 3. The summed E-state index contributed by atoms with van der Waals surface area (Å²) in [6, 6.07) is 7.07. The van der Waals surface area contributed by atoms with Crippen molar-refractivity contribution >= 4 is 29.5 Å². The third-order valence-corrected chi connectivity index (χ3v) is 5.28. The van der Waals surface area contributed by atoms with E-state index in [1.807, 2.05) is 0 Å². The largest absolute Gasteiger partial charge is 0.394 e. The maximum atomic E-state index is 10.3. The molecule has 3 aliphatic heterocycles. The van der Waals surface area contributed by atoms with E-state index in [0.717, 1.165) is 5.56 Å². The highest BCUT2D eigenvalue weighted by Gasteiger charge is 2.51. The van der Waals surface area contributed by atoms with Gasteiger partial charge in [-0.1, -0.05) is 23.7 Å². The van der Waals surface area contributed by atoms with Gasteiger partial charge in [0.05, 0.1) is 6.61 Å². The number of aliphatic hydroxyl groups is 2. The molecule has 27 heavy (non-hydrogen) atoms. The Bertz CT molecular complexity index is 814. The first-order valence-electron chi connectivity index (χ1n) is 8.45. The number of rotatable bonds is 4. The van der Waals surface area contributed by atoms with Crippen molar-refractivity contribution in [2.24, 2.45) is 20.7 Å². The van der Waals surface area contributed by atoms with Gasteiger partial charge in [0.2, 0.25) is 0 Å². The smallest absolute Gasteiger partial charge is 0.181 e. The lowest BCUT2D eigenvalue weighted by Gasteiger charge is -2.33. The molecule has 4 rings (SSSR count). The van der Waals surface area contributed by atoms with Crippen molar-refractivity contribution in [3.8, 4) is 0 Å². The number of nitrogens with two attached hydrogens (primary N) is 1. The Kier molecular flexibility index (Phi) is 4.75. The normalized spacial score (nSPS) is 35.2. The van der Waals surface area contributed by atoms with E-state index in [0.29, 0.717) is 16.6 Å². The second-order valence-corrected chi connectivity index (χ2v) is 6.96. The van der Waals surface area contributed by atoms with Gasteiger partial charge in [-0.25, -0.2) is 9.98 Å². The van der Waals surface area contributed by atoms with E-state index < -0.39 is 30.2 Å². The van der Waals surface area contributed by atoms with Gasteiger partial charge in [0.15, 0.2) is 17.7 Å². The van der Waals surface area contributed by atoms with E-state index in [9.17, 15) is 10.2 Å². The van der Waals surface area contributed by atoms with E-state index in [2.05, 4.69) is 15.0 Å². The van der Waals surface area contributed by atoms with Gasteiger partial charge in [-0.05, 0) is 12.1 Å². The molecular formula is C17H20ClN5O4. The lowest BCUT2D eigenvalue weighted by molar-refractivity contribution is -0.0765. The van der Waals surface area contributed by atoms with Crippen molar-refractivity contribution in [3.05, 3.63) is 34.9 Å². The first-order valence-corrected chi connectivity index (χ1v) is 8.83. The Hall–Kier alpha value is -1.88. The molecule has 0 spiro atoms. The highest BCUT2D eigenvalue weighted by molar-refractivity contribution is 6.47. The number of hydrogen-bond acceptors (Lipinski definition) is 9. The fraction of sp³-hybridized carbons (Fsp3) is 0.471. The quantitative estimate of drug-likeness (QED) is 0.645. The highest BCUT2D eigenvalue weighted by atomic mass is 35.5. The molecule has 0 bridgehead atoms. The second kappa shape index (κ2) is 6.93. The number of methoxy groups -OCH3 is 1. The average Bonchev–Trinajstić information content (AvgIpc) is 3.23. The van der Waals surface area contributed by atoms with Crippen LogP contribution in [0, 0.1) is 0 Å². The topological polar surface area (TPSA) is 125 Å². The van der Waals surface area contributed by atoms with Crippen molar-refractivity contribution in [2.45, 2.75) is 30.2 Å². The SMILES string of the molecule is CO[C@@H]1[C@H](O)[C@@H](CO)O[C@H]1N1CN=C2C1=NC=NC2(N)c1ccc(Cl)cc1. The molecule has 144 valence electrons. The molecule has 9 nitrogen and oxygen atoms in total. The van der Waals surface area contributed by atoms with Crippen LogP contribution in [0.5, 0.6) is 0 Å². The van der Waals surface area contributed by atoms with Crippen LogP contribution >= 0.6 is 11.6 Å². The van der Waals surface area contributed by atoms with E-state index in [1.54, 1.807) is 29.2 Å². The molecule has 3 heterocycles. The van der Waals surface area contributed by atoms with Crippen molar-refractivity contribution < 1.29 is 19.7 Å². The summed E-state index contributed by atoms with van der Waals surface area (Å²) in [6.45, 7) is -0.0991. The zero-order chi connectivity index (χ0) is 19.2. The molecule has 1 aromatic carbocycles. The van der Waals surface area contributed by atoms with Crippen molar-refractivity contribution in [1.82, 2.24) is 4.90 Å². The van der Waals surface area contributed by atoms with E-state index in [-0.39, 0.29) is 13.3 Å². The average molecular weight is 394 g/mol. The van der Waals surface area contributed by atoms with Crippen LogP contribution < -0.4 is 5.73 Å². The molecule has 0 amide bonds. The van der Waals surface area contributed by atoms with Crippen LogP contribution in [0.4, 0.5) is 0 Å². The molecule has 4 N–H and O–H groups in total. The standard InChI is InChI=1S/C17H20ClN5O4/c1-26-13-12(25)11(6-24)27-16(13)23-8-21-14-15(23)20-7-22-17(14,19)9-2-4-10(18)5-3-9/h2-5,7,11-13,16,24-25H,6,8,19H2,1H3/t11-,12-,13-,16-,17?/m1/s1. The van der Waals surface area contributed by atoms with Crippen LogP contribution in [0.25, 0.3) is 0 Å². The minimum atomic E-state index is -1.20. The molecule has 1 unspecified atom stereocenters. The number of nitrogens with zero attached hydrogens (tertiary/aromatic N) is 4. The third kappa shape index (κ3) is 2.87. The number of amidine groups is 1. The maximum Gasteiger partial charge on any atom is 0.181 e. The molecule has 0 aromatic heterocycles. The number of benzene rings is 1. The van der Waals surface area contributed by atoms with E-state index >= 15 is 0 Å². The van der Waals surface area contributed by atoms with Gasteiger partial charge < -0.3 is 24.6 Å². The first kappa shape index (κ1) is 18.5. The van der Waals surface area contributed by atoms with Crippen LogP contribution in [0.3, 0.4) is 0 Å². The summed E-state index contributed by atoms with van der Waals surface area (Å²) in [5, 5.41) is 20.3. The van der Waals surface area contributed by atoms with Gasteiger partial charge in [-0.3, -0.25) is 10.7 Å². The van der Waals surface area contributed by atoms with Crippen LogP contribution in [-0.2, 0) is 15.1 Å². The minimum absolute atomic E-state index is 0.222. The number of ether oxygens (including phenoxy) is 2. The van der Waals surface area contributed by atoms with Crippen LogP contribution in [0.2, 0.25) is 5.02 Å². The lowest BCUT2D eigenvalue weighted by atomic mass is 9.94. The Morgan fingerprint density at radius 3 is 2.81 bits per heavy atom. The van der Waals surface area contributed by atoms with Crippen molar-refractivity contribution in [3.63, 3.8) is 0 Å². The number of aliphatic hydroxyl groups excluding tert-OH is 2. The van der Waals surface area contributed by atoms with Crippen LogP contribution in [-0.4, -0.2) is 77.9 Å². The summed E-state index contributed by atoms with van der Waals surface area (Å²) in [7, 11) is 1.48. The summed E-state index contributed by atoms with van der Waals surface area (Å²) < 4.78 is 11.2. The molecule has 1 aromatic rings. The molecule has 10 heteroatoms. The molecular weight excluding hydrogens is 374 g/mol. The molecule has 0 radical (unpaired) electrons. The first-order chi connectivity index (χ1) is 13.0.